The van der Waals surface area contributed by atoms with Crippen LogP contribution >= 0.6 is 11.3 Å². The van der Waals surface area contributed by atoms with Crippen molar-refractivity contribution in [2.45, 2.75) is 13.0 Å². The van der Waals surface area contributed by atoms with E-state index in [0.29, 0.717) is 26.4 Å². The Kier molecular flexibility index (Phi) is 6.46. The number of methoxy groups -OCH3 is 1. The summed E-state index contributed by atoms with van der Waals surface area (Å²) in [5.74, 6) is 0.105. The fourth-order valence-electron chi connectivity index (χ4n) is 4.92. The maximum Gasteiger partial charge on any atom is 0.338 e. The number of carbonyl (C=O) groups excluding carboxylic acids is 1. The molecule has 5 aromatic rings. The number of carbonyl (C=O) groups is 1. The van der Waals surface area contributed by atoms with Gasteiger partial charge in [0.25, 0.3) is 5.56 Å². The quantitative estimate of drug-likeness (QED) is 0.326. The summed E-state index contributed by atoms with van der Waals surface area (Å²) >= 11 is 1.30. The van der Waals surface area contributed by atoms with Gasteiger partial charge in [-0.05, 0) is 36.8 Å². The van der Waals surface area contributed by atoms with Crippen molar-refractivity contribution < 1.29 is 14.3 Å². The summed E-state index contributed by atoms with van der Waals surface area (Å²) in [6, 6.07) is 24.1. The van der Waals surface area contributed by atoms with Crippen LogP contribution in [-0.2, 0) is 9.53 Å². The van der Waals surface area contributed by atoms with Crippen molar-refractivity contribution in [1.29, 1.82) is 0 Å². The van der Waals surface area contributed by atoms with Gasteiger partial charge < -0.3 is 14.5 Å². The maximum absolute atomic E-state index is 14.0. The number of rotatable bonds is 6. The van der Waals surface area contributed by atoms with E-state index in [1.807, 2.05) is 91.1 Å². The largest absolute Gasteiger partial charge is 0.497 e. The topological polar surface area (TPSA) is 85.7 Å². The van der Waals surface area contributed by atoms with Gasteiger partial charge in [0.15, 0.2) is 4.80 Å². The Balaban J connectivity index is 1.66. The lowest BCUT2D eigenvalue weighted by molar-refractivity contribution is -0.138. The van der Waals surface area contributed by atoms with Crippen LogP contribution in [0.15, 0.2) is 100 Å². The summed E-state index contributed by atoms with van der Waals surface area (Å²) in [4.78, 5) is 36.3. The third-order valence-corrected chi connectivity index (χ3v) is 7.67. The number of aromatic amines is 1. The number of ether oxygens (including phenoxy) is 2. The fraction of sp³-hybridized carbons (Fsp3) is 0.129. The van der Waals surface area contributed by atoms with Crippen molar-refractivity contribution in [2.75, 3.05) is 13.7 Å². The lowest BCUT2D eigenvalue weighted by Gasteiger charge is -2.26. The molecule has 0 spiro atoms. The monoisotopic (exact) mass is 535 g/mol. The molecule has 3 heterocycles. The fourth-order valence-corrected chi connectivity index (χ4v) is 5.91. The Morgan fingerprint density at radius 3 is 2.67 bits per heavy atom. The number of esters is 1. The van der Waals surface area contributed by atoms with Crippen LogP contribution in [-0.4, -0.2) is 29.2 Å². The molecule has 0 aliphatic carbocycles. The number of H-pyrrole nitrogens is 1. The Labute approximate surface area is 228 Å². The van der Waals surface area contributed by atoms with Gasteiger partial charge in [0.1, 0.15) is 5.75 Å². The lowest BCUT2D eigenvalue weighted by Crippen LogP contribution is -2.40. The second-order valence-corrected chi connectivity index (χ2v) is 10.0. The van der Waals surface area contributed by atoms with Gasteiger partial charge >= 0.3 is 5.97 Å². The van der Waals surface area contributed by atoms with Crippen molar-refractivity contribution >= 4 is 40.0 Å². The van der Waals surface area contributed by atoms with Crippen molar-refractivity contribution in [2.24, 2.45) is 4.99 Å². The number of benzene rings is 3. The van der Waals surface area contributed by atoms with Crippen LogP contribution in [0.2, 0.25) is 0 Å². The molecule has 39 heavy (non-hydrogen) atoms. The average molecular weight is 536 g/mol. The second-order valence-electron chi connectivity index (χ2n) is 9.00. The van der Waals surface area contributed by atoms with Crippen LogP contribution in [0.4, 0.5) is 0 Å². The maximum atomic E-state index is 14.0. The standard InChI is InChI=1S/C31H25N3O4S/c1-3-38-30(36)26-27(19-10-5-4-6-11-19)33-31-34(28(26)20-12-9-13-22(16-20)37-2)29(35)25(39-31)17-21-18-32-24-15-8-7-14-23(21)24/h4-18,28,32H,3H2,1-2H3/b25-17+. The smallest absolute Gasteiger partial charge is 0.338 e. The molecule has 0 amide bonds. The number of fused-ring (bicyclic) bond motifs is 2. The zero-order chi connectivity index (χ0) is 26.9. The molecule has 7 nitrogen and oxygen atoms in total. The Bertz CT molecular complexity index is 1910. The highest BCUT2D eigenvalue weighted by atomic mass is 32.1. The molecule has 8 heteroatoms. The van der Waals surface area contributed by atoms with Gasteiger partial charge in [0.05, 0.1) is 35.6 Å². The number of thiazole rings is 1. The van der Waals surface area contributed by atoms with Gasteiger partial charge in [0, 0.05) is 28.2 Å². The minimum absolute atomic E-state index is 0.195. The summed E-state index contributed by atoms with van der Waals surface area (Å²) in [5, 5.41) is 1.02. The third kappa shape index (κ3) is 4.38. The molecule has 194 valence electrons. The molecule has 1 aliphatic rings. The van der Waals surface area contributed by atoms with E-state index in [9.17, 15) is 9.59 Å². The first-order chi connectivity index (χ1) is 19.1. The van der Waals surface area contributed by atoms with Crippen LogP contribution in [0, 0.1) is 0 Å². The minimum Gasteiger partial charge on any atom is -0.497 e. The molecule has 0 bridgehead atoms. The predicted molar refractivity (Wildman–Crippen MR) is 152 cm³/mol. The molecule has 0 saturated heterocycles. The van der Waals surface area contributed by atoms with E-state index < -0.39 is 12.0 Å². The van der Waals surface area contributed by atoms with E-state index in [0.717, 1.165) is 27.6 Å². The van der Waals surface area contributed by atoms with Crippen molar-refractivity contribution in [3.8, 4) is 5.75 Å². The molecule has 1 unspecified atom stereocenters. The molecule has 3 aromatic carbocycles. The first kappa shape index (κ1) is 24.6. The molecule has 1 atom stereocenters. The highest BCUT2D eigenvalue weighted by molar-refractivity contribution is 7.07. The van der Waals surface area contributed by atoms with E-state index in [1.165, 1.54) is 11.3 Å². The molecule has 2 aromatic heterocycles. The van der Waals surface area contributed by atoms with Gasteiger partial charge in [-0.1, -0.05) is 72.0 Å². The lowest BCUT2D eigenvalue weighted by atomic mass is 9.93. The Hall–Kier alpha value is -4.69. The Morgan fingerprint density at radius 2 is 1.87 bits per heavy atom. The van der Waals surface area contributed by atoms with Crippen LogP contribution in [0.1, 0.15) is 29.7 Å². The highest BCUT2D eigenvalue weighted by Crippen LogP contribution is 2.36. The van der Waals surface area contributed by atoms with E-state index in [-0.39, 0.29) is 12.2 Å². The van der Waals surface area contributed by atoms with Crippen molar-refractivity contribution in [3.63, 3.8) is 0 Å². The zero-order valence-electron chi connectivity index (χ0n) is 21.4. The number of hydrogen-bond donors (Lipinski definition) is 1. The number of hydrogen-bond acceptors (Lipinski definition) is 6. The number of aromatic nitrogens is 2. The van der Waals surface area contributed by atoms with Crippen molar-refractivity contribution in [1.82, 2.24) is 9.55 Å². The van der Waals surface area contributed by atoms with Gasteiger partial charge in [-0.15, -0.1) is 0 Å². The van der Waals surface area contributed by atoms with Crippen LogP contribution in [0.25, 0.3) is 22.7 Å². The highest BCUT2D eigenvalue weighted by Gasteiger charge is 2.35. The summed E-state index contributed by atoms with van der Waals surface area (Å²) in [5.41, 5.74) is 3.95. The number of nitrogens with zero attached hydrogens (tertiary/aromatic N) is 2. The summed E-state index contributed by atoms with van der Waals surface area (Å²) in [7, 11) is 1.59. The van der Waals surface area contributed by atoms with Crippen LogP contribution in [0.3, 0.4) is 0 Å². The van der Waals surface area contributed by atoms with Gasteiger partial charge in [-0.25, -0.2) is 9.79 Å². The molecule has 1 N–H and O–H groups in total. The number of nitrogens with one attached hydrogen (secondary N) is 1. The normalized spacial score (nSPS) is 15.2. The van der Waals surface area contributed by atoms with Gasteiger partial charge in [-0.3, -0.25) is 9.36 Å². The summed E-state index contributed by atoms with van der Waals surface area (Å²) < 4.78 is 13.1. The molecule has 0 radical (unpaired) electrons. The first-order valence-corrected chi connectivity index (χ1v) is 13.4. The minimum atomic E-state index is -0.754. The van der Waals surface area contributed by atoms with Crippen LogP contribution in [0.5, 0.6) is 5.75 Å². The summed E-state index contributed by atoms with van der Waals surface area (Å²) in [6.07, 6.45) is 3.77. The average Bonchev–Trinajstić information content (AvgIpc) is 3.53. The third-order valence-electron chi connectivity index (χ3n) is 6.69. The SMILES string of the molecule is CCOC(=O)C1=C(c2ccccc2)N=c2s/c(=C/c3c[nH]c4ccccc34)c(=O)n2C1c1cccc(OC)c1. The molecule has 0 saturated carbocycles. The summed E-state index contributed by atoms with van der Waals surface area (Å²) in [6.45, 7) is 1.96. The van der Waals surface area contributed by atoms with Crippen LogP contribution < -0.4 is 19.6 Å². The predicted octanol–water partition coefficient (Wildman–Crippen LogP) is 4.43. The van der Waals surface area contributed by atoms with Crippen molar-refractivity contribution in [3.05, 3.63) is 127 Å². The molecular weight excluding hydrogens is 510 g/mol. The van der Waals surface area contributed by atoms with E-state index in [2.05, 4.69) is 4.98 Å². The second kappa shape index (κ2) is 10.2. The molecule has 0 fully saturated rings. The van der Waals surface area contributed by atoms with Gasteiger partial charge in [0.2, 0.25) is 0 Å². The number of para-hydroxylation sites is 1. The molecule has 6 rings (SSSR count). The van der Waals surface area contributed by atoms with E-state index >= 15 is 0 Å². The first-order valence-electron chi connectivity index (χ1n) is 12.6. The molecule has 1 aliphatic heterocycles. The zero-order valence-corrected chi connectivity index (χ0v) is 22.2. The molecular formula is C31H25N3O4S. The van der Waals surface area contributed by atoms with E-state index in [4.69, 9.17) is 14.5 Å². The van der Waals surface area contributed by atoms with E-state index in [1.54, 1.807) is 18.6 Å². The Morgan fingerprint density at radius 1 is 1.08 bits per heavy atom. The van der Waals surface area contributed by atoms with Gasteiger partial charge in [-0.2, -0.15) is 0 Å².